The van der Waals surface area contributed by atoms with E-state index in [9.17, 15) is 18.4 Å². The molecule has 11 heteroatoms. The van der Waals surface area contributed by atoms with E-state index in [1.807, 2.05) is 0 Å². The second kappa shape index (κ2) is 7.94. The van der Waals surface area contributed by atoms with Gasteiger partial charge < -0.3 is 15.4 Å². The van der Waals surface area contributed by atoms with Crippen LogP contribution in [0.3, 0.4) is 0 Å². The number of hydrogen-bond donors (Lipinski definition) is 3. The van der Waals surface area contributed by atoms with Gasteiger partial charge in [-0.3, -0.25) is 19.9 Å². The molecule has 7 nitrogen and oxygen atoms in total. The number of halogens is 4. The topological polar surface area (TPSA) is 91.8 Å². The van der Waals surface area contributed by atoms with Crippen molar-refractivity contribution in [2.45, 2.75) is 48.8 Å². The highest BCUT2D eigenvalue weighted by Gasteiger charge is 2.69. The quantitative estimate of drug-likeness (QED) is 0.579. The van der Waals surface area contributed by atoms with Gasteiger partial charge in [0.25, 0.3) is 12.3 Å². The lowest BCUT2D eigenvalue weighted by atomic mass is 9.44. The summed E-state index contributed by atoms with van der Waals surface area (Å²) in [4.78, 5) is 28.3. The maximum atomic E-state index is 12.6. The zero-order valence-corrected chi connectivity index (χ0v) is 17.3. The molecule has 3 N–H and O–H groups in total. The number of amides is 2. The van der Waals surface area contributed by atoms with E-state index in [2.05, 4.69) is 20.9 Å². The summed E-state index contributed by atoms with van der Waals surface area (Å²) in [5.74, 6) is -0.120. The van der Waals surface area contributed by atoms with Crippen LogP contribution in [0, 0.1) is 0 Å². The van der Waals surface area contributed by atoms with Gasteiger partial charge in [0.2, 0.25) is 5.91 Å². The summed E-state index contributed by atoms with van der Waals surface area (Å²) in [5.41, 5.74) is -0.690. The van der Waals surface area contributed by atoms with Gasteiger partial charge in [-0.2, -0.15) is 0 Å². The van der Waals surface area contributed by atoms with E-state index in [0.717, 1.165) is 0 Å². The Balaban J connectivity index is 1.20. The van der Waals surface area contributed by atoms with Crippen molar-refractivity contribution in [2.75, 3.05) is 13.2 Å². The molecule has 1 aromatic rings. The first-order valence-corrected chi connectivity index (χ1v) is 10.2. The molecule has 0 aromatic heterocycles. The summed E-state index contributed by atoms with van der Waals surface area (Å²) in [6.45, 7) is -0.203. The molecule has 4 aliphatic rings. The summed E-state index contributed by atoms with van der Waals surface area (Å²) < 4.78 is 30.7. The first kappa shape index (κ1) is 21.3. The van der Waals surface area contributed by atoms with Crippen LogP contribution in [0.15, 0.2) is 23.2 Å². The summed E-state index contributed by atoms with van der Waals surface area (Å²) in [5, 5.41) is 9.42. The molecule has 30 heavy (non-hydrogen) atoms. The SMILES string of the molecule is O=C(COc1ccc(Cl)c(Cl)c1)NC12CC(NC(=O)C3C=NC(C(F)F)CN3)(C1)C2. The van der Waals surface area contributed by atoms with Crippen molar-refractivity contribution in [3.63, 3.8) is 0 Å². The molecule has 0 radical (unpaired) electrons. The number of benzene rings is 1. The average molecular weight is 461 g/mol. The molecule has 3 aliphatic carbocycles. The fourth-order valence-electron chi connectivity index (χ4n) is 4.30. The third kappa shape index (κ3) is 4.24. The maximum Gasteiger partial charge on any atom is 0.261 e. The zero-order valence-electron chi connectivity index (χ0n) is 15.8. The fraction of sp³-hybridized carbons (Fsp3) is 0.526. The minimum absolute atomic E-state index is 0.0436. The van der Waals surface area contributed by atoms with Crippen molar-refractivity contribution in [2.24, 2.45) is 4.99 Å². The van der Waals surface area contributed by atoms with Crippen LogP contribution < -0.4 is 20.7 Å². The Morgan fingerprint density at radius 2 is 1.90 bits per heavy atom. The van der Waals surface area contributed by atoms with E-state index in [1.165, 1.54) is 12.3 Å². The Hall–Kier alpha value is -1.97. The summed E-state index contributed by atoms with van der Waals surface area (Å²) in [7, 11) is 0. The van der Waals surface area contributed by atoms with E-state index in [1.54, 1.807) is 12.1 Å². The highest BCUT2D eigenvalue weighted by molar-refractivity contribution is 6.42. The largest absolute Gasteiger partial charge is 0.484 e. The third-order valence-electron chi connectivity index (χ3n) is 5.63. The van der Waals surface area contributed by atoms with E-state index >= 15 is 0 Å². The maximum absolute atomic E-state index is 12.6. The lowest BCUT2D eigenvalue weighted by Gasteiger charge is -2.70. The molecule has 2 bridgehead atoms. The fourth-order valence-corrected chi connectivity index (χ4v) is 4.59. The zero-order chi connectivity index (χ0) is 21.5. The Kier molecular flexibility index (Phi) is 5.63. The molecule has 1 aromatic carbocycles. The predicted molar refractivity (Wildman–Crippen MR) is 108 cm³/mol. The number of rotatable bonds is 7. The Labute approximate surface area is 181 Å². The van der Waals surface area contributed by atoms with E-state index in [0.29, 0.717) is 35.1 Å². The van der Waals surface area contributed by atoms with Gasteiger partial charge in [-0.25, -0.2) is 8.78 Å². The van der Waals surface area contributed by atoms with Crippen LogP contribution in [0.1, 0.15) is 19.3 Å². The number of carbonyl (C=O) groups is 2. The molecule has 2 atom stereocenters. The number of nitrogens with zero attached hydrogens (tertiary/aromatic N) is 1. The van der Waals surface area contributed by atoms with Gasteiger partial charge >= 0.3 is 0 Å². The predicted octanol–water partition coefficient (Wildman–Crippen LogP) is 1.96. The van der Waals surface area contributed by atoms with Gasteiger partial charge in [-0.15, -0.1) is 0 Å². The van der Waals surface area contributed by atoms with Crippen molar-refractivity contribution in [3.8, 4) is 5.75 Å². The van der Waals surface area contributed by atoms with E-state index < -0.39 is 18.5 Å². The number of ether oxygens (including phenoxy) is 1. The van der Waals surface area contributed by atoms with Gasteiger partial charge in [-0.1, -0.05) is 23.2 Å². The summed E-state index contributed by atoms with van der Waals surface area (Å²) in [6, 6.07) is 2.91. The standard InChI is InChI=1S/C19H20Cl2F2N4O3/c20-11-2-1-10(3-12(11)21)30-6-15(28)26-18-7-19(8-18,9-18)27-17(29)14-5-24-13(4-25-14)16(22)23/h1-3,5,13-14,16,25H,4,6-9H2,(H,26,28)(H,27,29). The highest BCUT2D eigenvalue weighted by atomic mass is 35.5. The Bertz CT molecular complexity index is 879. The van der Waals surface area contributed by atoms with E-state index in [-0.39, 0.29) is 36.0 Å². The van der Waals surface area contributed by atoms with Crippen molar-refractivity contribution < 1.29 is 23.1 Å². The molecular weight excluding hydrogens is 441 g/mol. The smallest absolute Gasteiger partial charge is 0.261 e. The van der Waals surface area contributed by atoms with Gasteiger partial charge in [0.1, 0.15) is 17.8 Å². The summed E-state index contributed by atoms with van der Waals surface area (Å²) in [6.07, 6.45) is 0.536. The summed E-state index contributed by atoms with van der Waals surface area (Å²) >= 11 is 11.8. The first-order valence-electron chi connectivity index (χ1n) is 9.45. The molecule has 2 unspecified atom stereocenters. The normalized spacial score (nSPS) is 31.5. The molecule has 5 rings (SSSR count). The van der Waals surface area contributed by atoms with Gasteiger partial charge in [0.05, 0.1) is 10.0 Å². The molecule has 3 fully saturated rings. The molecule has 0 saturated heterocycles. The Morgan fingerprint density at radius 3 is 2.50 bits per heavy atom. The monoisotopic (exact) mass is 460 g/mol. The van der Waals surface area contributed by atoms with Gasteiger partial charge in [0.15, 0.2) is 6.61 Å². The van der Waals surface area contributed by atoms with E-state index in [4.69, 9.17) is 27.9 Å². The van der Waals surface area contributed by atoms with Crippen LogP contribution >= 0.6 is 23.2 Å². The minimum Gasteiger partial charge on any atom is -0.484 e. The van der Waals surface area contributed by atoms with Crippen LogP contribution in [-0.4, -0.2) is 60.8 Å². The first-order chi connectivity index (χ1) is 14.2. The van der Waals surface area contributed by atoms with Crippen molar-refractivity contribution >= 4 is 41.2 Å². The molecule has 3 saturated carbocycles. The number of aliphatic imine (C=N–C) groups is 1. The van der Waals surface area contributed by atoms with Crippen molar-refractivity contribution in [3.05, 3.63) is 28.2 Å². The molecule has 1 heterocycles. The second-order valence-corrected chi connectivity index (χ2v) is 8.89. The van der Waals surface area contributed by atoms with Gasteiger partial charge in [-0.05, 0) is 31.4 Å². The number of carbonyl (C=O) groups excluding carboxylic acids is 2. The van der Waals surface area contributed by atoms with Crippen molar-refractivity contribution in [1.82, 2.24) is 16.0 Å². The number of hydrogen-bond acceptors (Lipinski definition) is 5. The van der Waals surface area contributed by atoms with Crippen LogP contribution in [-0.2, 0) is 9.59 Å². The molecule has 0 spiro atoms. The molecular formula is C19H20Cl2F2N4O3. The van der Waals surface area contributed by atoms with Crippen LogP contribution in [0.25, 0.3) is 0 Å². The average Bonchev–Trinajstić information content (AvgIpc) is 2.66. The van der Waals surface area contributed by atoms with Crippen LogP contribution in [0.5, 0.6) is 5.75 Å². The minimum atomic E-state index is -2.56. The van der Waals surface area contributed by atoms with Crippen LogP contribution in [0.2, 0.25) is 10.0 Å². The number of nitrogens with one attached hydrogen (secondary N) is 3. The molecule has 2 amide bonds. The highest BCUT2D eigenvalue weighted by Crippen LogP contribution is 2.60. The van der Waals surface area contributed by atoms with Gasteiger partial charge in [0, 0.05) is 29.9 Å². The van der Waals surface area contributed by atoms with Crippen molar-refractivity contribution in [1.29, 1.82) is 0 Å². The lowest BCUT2D eigenvalue weighted by Crippen LogP contribution is -2.84. The number of alkyl halides is 2. The molecule has 162 valence electrons. The second-order valence-electron chi connectivity index (χ2n) is 8.08. The lowest BCUT2D eigenvalue weighted by molar-refractivity contribution is -0.150. The Morgan fingerprint density at radius 1 is 1.20 bits per heavy atom. The molecule has 1 aliphatic heterocycles. The third-order valence-corrected chi connectivity index (χ3v) is 6.37. The van der Waals surface area contributed by atoms with Crippen LogP contribution in [0.4, 0.5) is 8.78 Å².